The number of rotatable bonds is 7. The van der Waals surface area contributed by atoms with Crippen LogP contribution in [0.3, 0.4) is 0 Å². The Kier molecular flexibility index (Phi) is 5.76. The average Bonchev–Trinajstić information content (AvgIpc) is 2.94. The molecular formula is C14H19N5O2S. The molecule has 0 aliphatic rings. The number of aromatic nitrogens is 4. The lowest BCUT2D eigenvalue weighted by Crippen LogP contribution is -2.31. The second kappa shape index (κ2) is 7.79. The Morgan fingerprint density at radius 3 is 2.73 bits per heavy atom. The molecule has 1 amide bonds. The fraction of sp³-hybridized carbons (Fsp3) is 0.429. The summed E-state index contributed by atoms with van der Waals surface area (Å²) in [7, 11) is 0. The van der Waals surface area contributed by atoms with Gasteiger partial charge in [-0.1, -0.05) is 11.8 Å². The van der Waals surface area contributed by atoms with Crippen LogP contribution in [0.15, 0.2) is 29.4 Å². The molecule has 0 unspecified atom stereocenters. The van der Waals surface area contributed by atoms with Gasteiger partial charge in [-0.2, -0.15) is 4.68 Å². The first-order valence-electron chi connectivity index (χ1n) is 7.04. The van der Waals surface area contributed by atoms with Crippen molar-refractivity contribution in [1.82, 2.24) is 25.5 Å². The van der Waals surface area contributed by atoms with E-state index in [-0.39, 0.29) is 17.7 Å². The number of carbonyl (C=O) groups excluding carboxylic acids is 1. The first-order valence-corrected chi connectivity index (χ1v) is 8.02. The van der Waals surface area contributed by atoms with E-state index in [9.17, 15) is 4.79 Å². The normalized spacial score (nSPS) is 10.7. The van der Waals surface area contributed by atoms with Gasteiger partial charge in [-0.3, -0.25) is 4.79 Å². The lowest BCUT2D eigenvalue weighted by Gasteiger charge is -2.08. The number of hydrogen-bond donors (Lipinski definition) is 1. The summed E-state index contributed by atoms with van der Waals surface area (Å²) in [6.45, 7) is 6.40. The maximum absolute atomic E-state index is 11.7. The number of benzene rings is 1. The molecule has 0 atom stereocenters. The molecule has 118 valence electrons. The van der Waals surface area contributed by atoms with E-state index < -0.39 is 0 Å². The van der Waals surface area contributed by atoms with Crippen molar-refractivity contribution >= 4 is 17.7 Å². The number of nitrogens with zero attached hydrogens (tertiary/aromatic N) is 4. The van der Waals surface area contributed by atoms with Crippen LogP contribution in [-0.4, -0.2) is 44.5 Å². The fourth-order valence-corrected chi connectivity index (χ4v) is 2.48. The zero-order chi connectivity index (χ0) is 15.9. The predicted molar refractivity (Wildman–Crippen MR) is 84.3 cm³/mol. The predicted octanol–water partition coefficient (Wildman–Crippen LogP) is 1.68. The monoisotopic (exact) mass is 321 g/mol. The van der Waals surface area contributed by atoms with Gasteiger partial charge in [0.25, 0.3) is 0 Å². The molecule has 0 bridgehead atoms. The van der Waals surface area contributed by atoms with Crippen LogP contribution in [0, 0.1) is 0 Å². The third-order valence-corrected chi connectivity index (χ3v) is 3.53. The lowest BCUT2D eigenvalue weighted by atomic mass is 10.3. The summed E-state index contributed by atoms with van der Waals surface area (Å²) in [5.41, 5.74) is 0.820. The number of ether oxygens (including phenoxy) is 1. The van der Waals surface area contributed by atoms with E-state index in [1.54, 1.807) is 4.68 Å². The van der Waals surface area contributed by atoms with Gasteiger partial charge in [-0.05, 0) is 55.5 Å². The van der Waals surface area contributed by atoms with Crippen molar-refractivity contribution in [3.05, 3.63) is 24.3 Å². The topological polar surface area (TPSA) is 81.9 Å². The van der Waals surface area contributed by atoms with Crippen molar-refractivity contribution in [2.45, 2.75) is 32.0 Å². The van der Waals surface area contributed by atoms with Crippen LogP contribution in [0.5, 0.6) is 5.75 Å². The largest absolute Gasteiger partial charge is 0.494 e. The van der Waals surface area contributed by atoms with E-state index in [1.807, 2.05) is 45.0 Å². The molecule has 0 saturated heterocycles. The molecule has 0 spiro atoms. The molecule has 1 aromatic carbocycles. The molecule has 2 rings (SSSR count). The lowest BCUT2D eigenvalue weighted by molar-refractivity contribution is -0.119. The Hall–Kier alpha value is -2.09. The molecule has 0 fully saturated rings. The summed E-state index contributed by atoms with van der Waals surface area (Å²) in [5.74, 6) is 1.03. The summed E-state index contributed by atoms with van der Waals surface area (Å²) >= 11 is 1.30. The molecular weight excluding hydrogens is 302 g/mol. The van der Waals surface area contributed by atoms with E-state index in [0.29, 0.717) is 11.8 Å². The van der Waals surface area contributed by atoms with Gasteiger partial charge in [0.1, 0.15) is 5.75 Å². The zero-order valence-corrected chi connectivity index (χ0v) is 13.6. The van der Waals surface area contributed by atoms with Crippen LogP contribution < -0.4 is 10.1 Å². The zero-order valence-electron chi connectivity index (χ0n) is 12.8. The molecule has 7 nitrogen and oxygen atoms in total. The second-order valence-electron chi connectivity index (χ2n) is 4.81. The van der Waals surface area contributed by atoms with E-state index >= 15 is 0 Å². The van der Waals surface area contributed by atoms with Gasteiger partial charge in [0.05, 0.1) is 18.0 Å². The molecule has 0 radical (unpaired) electrons. The first kappa shape index (κ1) is 16.3. The Balaban J connectivity index is 2.04. The molecule has 8 heteroatoms. The van der Waals surface area contributed by atoms with Crippen molar-refractivity contribution in [3.63, 3.8) is 0 Å². The minimum Gasteiger partial charge on any atom is -0.494 e. The van der Waals surface area contributed by atoms with E-state index in [0.717, 1.165) is 11.4 Å². The molecule has 1 aromatic heterocycles. The van der Waals surface area contributed by atoms with Crippen LogP contribution in [0.4, 0.5) is 0 Å². The second-order valence-corrected chi connectivity index (χ2v) is 5.75. The highest BCUT2D eigenvalue weighted by atomic mass is 32.2. The van der Waals surface area contributed by atoms with Gasteiger partial charge in [0, 0.05) is 6.04 Å². The third-order valence-electron chi connectivity index (χ3n) is 2.62. The highest BCUT2D eigenvalue weighted by Crippen LogP contribution is 2.20. The minimum absolute atomic E-state index is 0.0405. The number of nitrogens with one attached hydrogen (secondary N) is 1. The molecule has 0 saturated carbocycles. The number of carbonyl (C=O) groups is 1. The van der Waals surface area contributed by atoms with Crippen LogP contribution in [0.25, 0.3) is 5.69 Å². The summed E-state index contributed by atoms with van der Waals surface area (Å²) < 4.78 is 7.01. The summed E-state index contributed by atoms with van der Waals surface area (Å²) in [6.07, 6.45) is 0. The number of amides is 1. The van der Waals surface area contributed by atoms with Crippen molar-refractivity contribution in [2.75, 3.05) is 12.4 Å². The van der Waals surface area contributed by atoms with E-state index in [4.69, 9.17) is 4.74 Å². The van der Waals surface area contributed by atoms with Gasteiger partial charge in [-0.25, -0.2) is 0 Å². The SMILES string of the molecule is CCOc1ccc(-n2nnnc2SCC(=O)NC(C)C)cc1. The van der Waals surface area contributed by atoms with Gasteiger partial charge < -0.3 is 10.1 Å². The maximum atomic E-state index is 11.7. The first-order chi connectivity index (χ1) is 10.6. The Labute approximate surface area is 133 Å². The summed E-state index contributed by atoms with van der Waals surface area (Å²) in [4.78, 5) is 11.7. The quantitative estimate of drug-likeness (QED) is 0.781. The van der Waals surface area contributed by atoms with Gasteiger partial charge >= 0.3 is 0 Å². The molecule has 1 N–H and O–H groups in total. The van der Waals surface area contributed by atoms with Crippen LogP contribution in [0.1, 0.15) is 20.8 Å². The highest BCUT2D eigenvalue weighted by Gasteiger charge is 2.12. The standard InChI is InChI=1S/C14H19N5O2S/c1-4-21-12-7-5-11(6-8-12)19-14(16-17-18-19)22-9-13(20)15-10(2)3/h5-8,10H,4,9H2,1-3H3,(H,15,20). The number of hydrogen-bond acceptors (Lipinski definition) is 6. The summed E-state index contributed by atoms with van der Waals surface area (Å²) in [6, 6.07) is 7.59. The van der Waals surface area contributed by atoms with Crippen LogP contribution in [-0.2, 0) is 4.79 Å². The molecule has 0 aliphatic carbocycles. The van der Waals surface area contributed by atoms with Crippen molar-refractivity contribution < 1.29 is 9.53 Å². The smallest absolute Gasteiger partial charge is 0.230 e. The number of thioether (sulfide) groups is 1. The number of tetrazole rings is 1. The summed E-state index contributed by atoms with van der Waals surface area (Å²) in [5, 5.41) is 15.0. The van der Waals surface area contributed by atoms with Crippen molar-refractivity contribution in [2.24, 2.45) is 0 Å². The van der Waals surface area contributed by atoms with Crippen LogP contribution >= 0.6 is 11.8 Å². The fourth-order valence-electron chi connectivity index (χ4n) is 1.77. The Morgan fingerprint density at radius 1 is 1.36 bits per heavy atom. The van der Waals surface area contributed by atoms with E-state index in [1.165, 1.54) is 11.8 Å². The average molecular weight is 321 g/mol. The minimum atomic E-state index is -0.0405. The van der Waals surface area contributed by atoms with Gasteiger partial charge in [0.15, 0.2) is 0 Å². The van der Waals surface area contributed by atoms with Gasteiger partial charge in [-0.15, -0.1) is 5.10 Å². The maximum Gasteiger partial charge on any atom is 0.230 e. The molecule has 1 heterocycles. The third kappa shape index (κ3) is 4.45. The van der Waals surface area contributed by atoms with Crippen LogP contribution in [0.2, 0.25) is 0 Å². The molecule has 0 aliphatic heterocycles. The van der Waals surface area contributed by atoms with Gasteiger partial charge in [0.2, 0.25) is 11.1 Å². The molecule has 22 heavy (non-hydrogen) atoms. The van der Waals surface area contributed by atoms with E-state index in [2.05, 4.69) is 20.8 Å². The highest BCUT2D eigenvalue weighted by molar-refractivity contribution is 7.99. The van der Waals surface area contributed by atoms with Crippen molar-refractivity contribution in [1.29, 1.82) is 0 Å². The Morgan fingerprint density at radius 2 is 2.09 bits per heavy atom. The Bertz CT molecular complexity index is 612. The van der Waals surface area contributed by atoms with Crippen molar-refractivity contribution in [3.8, 4) is 11.4 Å². The molecule has 2 aromatic rings.